The number of hydrogen-bond acceptors (Lipinski definition) is 1. The maximum absolute atomic E-state index is 6.50. The van der Waals surface area contributed by atoms with E-state index in [1.54, 1.807) is 0 Å². The molecule has 0 amide bonds. The standard InChI is InChI=1S/C14H28OSi/c1-7-9-12-10-8-11-13(12)15-16(5,6)14(2,3)4/h8,10,12-13H,7,9,11H2,1-6H3/t12-,13+/m1/s1. The van der Waals surface area contributed by atoms with Crippen molar-refractivity contribution in [3.8, 4) is 0 Å². The van der Waals surface area contributed by atoms with Crippen LogP contribution in [0.15, 0.2) is 12.2 Å². The van der Waals surface area contributed by atoms with Gasteiger partial charge in [-0.3, -0.25) is 0 Å². The van der Waals surface area contributed by atoms with Crippen LogP contribution in [0.5, 0.6) is 0 Å². The van der Waals surface area contributed by atoms with Gasteiger partial charge in [0.25, 0.3) is 0 Å². The summed E-state index contributed by atoms with van der Waals surface area (Å²) < 4.78 is 6.50. The average Bonchev–Trinajstić information content (AvgIpc) is 2.51. The highest BCUT2D eigenvalue weighted by atomic mass is 28.4. The van der Waals surface area contributed by atoms with Crippen LogP contribution in [0.25, 0.3) is 0 Å². The van der Waals surface area contributed by atoms with E-state index in [0.717, 1.165) is 6.42 Å². The average molecular weight is 240 g/mol. The SMILES string of the molecule is CCC[C@@H]1C=CC[C@@H]1O[Si](C)(C)C(C)(C)C. The molecular weight excluding hydrogens is 212 g/mol. The summed E-state index contributed by atoms with van der Waals surface area (Å²) in [5, 5.41) is 0.326. The van der Waals surface area contributed by atoms with Gasteiger partial charge in [-0.15, -0.1) is 0 Å². The molecule has 0 N–H and O–H groups in total. The second kappa shape index (κ2) is 5.05. The summed E-state index contributed by atoms with van der Waals surface area (Å²) in [5.41, 5.74) is 0. The molecule has 0 spiro atoms. The summed E-state index contributed by atoms with van der Waals surface area (Å²) >= 11 is 0. The first-order valence-electron chi connectivity index (χ1n) is 6.62. The van der Waals surface area contributed by atoms with Gasteiger partial charge in [-0.05, 0) is 31.0 Å². The predicted molar refractivity (Wildman–Crippen MR) is 74.2 cm³/mol. The van der Waals surface area contributed by atoms with E-state index in [4.69, 9.17) is 4.43 Å². The Morgan fingerprint density at radius 2 is 1.94 bits per heavy atom. The molecule has 0 aromatic heterocycles. The quantitative estimate of drug-likeness (QED) is 0.509. The molecule has 0 unspecified atom stereocenters. The molecule has 0 bridgehead atoms. The Kier molecular flexibility index (Phi) is 4.41. The molecule has 2 atom stereocenters. The van der Waals surface area contributed by atoms with Gasteiger partial charge in [0.1, 0.15) is 0 Å². The maximum atomic E-state index is 6.50. The molecule has 0 aromatic carbocycles. The molecule has 1 nitrogen and oxygen atoms in total. The Morgan fingerprint density at radius 1 is 1.31 bits per heavy atom. The Balaban J connectivity index is 2.60. The molecule has 94 valence electrons. The molecule has 0 heterocycles. The van der Waals surface area contributed by atoms with E-state index in [1.165, 1.54) is 12.8 Å². The monoisotopic (exact) mass is 240 g/mol. The first kappa shape index (κ1) is 14.0. The van der Waals surface area contributed by atoms with Crippen molar-refractivity contribution in [1.29, 1.82) is 0 Å². The van der Waals surface area contributed by atoms with E-state index in [0.29, 0.717) is 17.1 Å². The van der Waals surface area contributed by atoms with E-state index < -0.39 is 8.32 Å². The third-order valence-corrected chi connectivity index (χ3v) is 8.61. The second-order valence-electron chi connectivity index (χ2n) is 6.53. The van der Waals surface area contributed by atoms with E-state index in [9.17, 15) is 0 Å². The van der Waals surface area contributed by atoms with Crippen LogP contribution >= 0.6 is 0 Å². The molecule has 1 aliphatic carbocycles. The van der Waals surface area contributed by atoms with Crippen LogP contribution in [0.2, 0.25) is 18.1 Å². The summed E-state index contributed by atoms with van der Waals surface area (Å²) in [6.07, 6.45) is 8.78. The lowest BCUT2D eigenvalue weighted by molar-refractivity contribution is 0.146. The van der Waals surface area contributed by atoms with Crippen molar-refractivity contribution in [3.63, 3.8) is 0 Å². The van der Waals surface area contributed by atoms with E-state index in [1.807, 2.05) is 0 Å². The van der Waals surface area contributed by atoms with E-state index >= 15 is 0 Å². The summed E-state index contributed by atoms with van der Waals surface area (Å²) in [6.45, 7) is 13.9. The zero-order valence-corrected chi connectivity index (χ0v) is 12.8. The lowest BCUT2D eigenvalue weighted by Crippen LogP contribution is -2.44. The Hall–Kier alpha value is -0.0831. The van der Waals surface area contributed by atoms with Gasteiger partial charge in [0.05, 0.1) is 6.10 Å². The normalized spacial score (nSPS) is 26.4. The molecular formula is C14H28OSi. The van der Waals surface area contributed by atoms with Gasteiger partial charge in [0, 0.05) is 5.92 Å². The van der Waals surface area contributed by atoms with Gasteiger partial charge in [-0.2, -0.15) is 0 Å². The van der Waals surface area contributed by atoms with Gasteiger partial charge < -0.3 is 4.43 Å². The molecule has 1 rings (SSSR count). The Labute approximate surface area is 102 Å². The molecule has 0 aliphatic heterocycles. The topological polar surface area (TPSA) is 9.23 Å². The predicted octanol–water partition coefficient (Wildman–Crippen LogP) is 4.75. The van der Waals surface area contributed by atoms with Crippen molar-refractivity contribution < 1.29 is 4.43 Å². The summed E-state index contributed by atoms with van der Waals surface area (Å²) in [7, 11) is -1.58. The van der Waals surface area contributed by atoms with Crippen molar-refractivity contribution in [2.75, 3.05) is 0 Å². The Morgan fingerprint density at radius 3 is 2.44 bits per heavy atom. The van der Waals surface area contributed by atoms with Crippen LogP contribution in [0, 0.1) is 5.92 Å². The second-order valence-corrected chi connectivity index (χ2v) is 11.3. The lowest BCUT2D eigenvalue weighted by atomic mass is 10.0. The minimum absolute atomic E-state index is 0.326. The summed E-state index contributed by atoms with van der Waals surface area (Å²) in [4.78, 5) is 0. The fourth-order valence-corrected chi connectivity index (χ4v) is 3.37. The summed E-state index contributed by atoms with van der Waals surface area (Å²) in [5.74, 6) is 0.666. The zero-order valence-electron chi connectivity index (χ0n) is 11.8. The first-order valence-corrected chi connectivity index (χ1v) is 9.53. The molecule has 0 saturated carbocycles. The van der Waals surface area contributed by atoms with Crippen LogP contribution in [0.4, 0.5) is 0 Å². The van der Waals surface area contributed by atoms with Crippen LogP contribution in [-0.4, -0.2) is 14.4 Å². The van der Waals surface area contributed by atoms with Gasteiger partial charge in [-0.1, -0.05) is 46.3 Å². The van der Waals surface area contributed by atoms with Gasteiger partial charge in [0.2, 0.25) is 0 Å². The fourth-order valence-electron chi connectivity index (χ4n) is 1.99. The van der Waals surface area contributed by atoms with Gasteiger partial charge >= 0.3 is 0 Å². The molecule has 0 fully saturated rings. The molecule has 2 heteroatoms. The molecule has 0 saturated heterocycles. The van der Waals surface area contributed by atoms with Crippen LogP contribution in [-0.2, 0) is 4.43 Å². The Bertz CT molecular complexity index is 250. The number of rotatable bonds is 4. The molecule has 16 heavy (non-hydrogen) atoms. The van der Waals surface area contributed by atoms with Crippen molar-refractivity contribution in [1.82, 2.24) is 0 Å². The first-order chi connectivity index (χ1) is 7.28. The summed E-state index contributed by atoms with van der Waals surface area (Å²) in [6, 6.07) is 0. The smallest absolute Gasteiger partial charge is 0.192 e. The van der Waals surface area contributed by atoms with Crippen molar-refractivity contribution >= 4 is 8.32 Å². The highest BCUT2D eigenvalue weighted by Gasteiger charge is 2.40. The van der Waals surface area contributed by atoms with E-state index in [2.05, 4.69) is 52.9 Å². The van der Waals surface area contributed by atoms with E-state index in [-0.39, 0.29) is 0 Å². The van der Waals surface area contributed by atoms with Gasteiger partial charge in [0.15, 0.2) is 8.32 Å². The largest absolute Gasteiger partial charge is 0.413 e. The molecule has 0 aromatic rings. The third kappa shape index (κ3) is 3.20. The minimum atomic E-state index is -1.58. The maximum Gasteiger partial charge on any atom is 0.192 e. The van der Waals surface area contributed by atoms with Crippen molar-refractivity contribution in [2.45, 2.75) is 71.2 Å². The fraction of sp³-hybridized carbons (Fsp3) is 0.857. The van der Waals surface area contributed by atoms with Gasteiger partial charge in [-0.25, -0.2) is 0 Å². The molecule has 1 aliphatic rings. The highest BCUT2D eigenvalue weighted by Crippen LogP contribution is 2.40. The van der Waals surface area contributed by atoms with Crippen LogP contribution < -0.4 is 0 Å². The molecule has 0 radical (unpaired) electrons. The number of hydrogen-bond donors (Lipinski definition) is 0. The van der Waals surface area contributed by atoms with Crippen molar-refractivity contribution in [2.24, 2.45) is 5.92 Å². The van der Waals surface area contributed by atoms with Crippen LogP contribution in [0.3, 0.4) is 0 Å². The lowest BCUT2D eigenvalue weighted by Gasteiger charge is -2.40. The van der Waals surface area contributed by atoms with Crippen LogP contribution in [0.1, 0.15) is 47.0 Å². The highest BCUT2D eigenvalue weighted by molar-refractivity contribution is 6.74. The van der Waals surface area contributed by atoms with Crippen molar-refractivity contribution in [3.05, 3.63) is 12.2 Å². The minimum Gasteiger partial charge on any atom is -0.413 e. The third-order valence-electron chi connectivity index (χ3n) is 4.10. The zero-order chi connectivity index (χ0) is 12.4.